The zero-order valence-electron chi connectivity index (χ0n) is 53.4. The molecular formula is C69H139N2O6P. The number of rotatable bonds is 66. The summed E-state index contributed by atoms with van der Waals surface area (Å²) in [6.07, 6.45) is 77.6. The topological polar surface area (TPSA) is 108 Å². The van der Waals surface area contributed by atoms with Crippen LogP contribution in [0.4, 0.5) is 0 Å². The first kappa shape index (κ1) is 77.2. The third kappa shape index (κ3) is 62.8. The minimum atomic E-state index is -4.60. The van der Waals surface area contributed by atoms with Gasteiger partial charge in [-0.1, -0.05) is 360 Å². The summed E-state index contributed by atoms with van der Waals surface area (Å²) in [7, 11) is 1.28. The van der Waals surface area contributed by atoms with Gasteiger partial charge < -0.3 is 28.8 Å². The van der Waals surface area contributed by atoms with E-state index in [1.54, 1.807) is 6.08 Å². The Kier molecular flexibility index (Phi) is 60.2. The van der Waals surface area contributed by atoms with Gasteiger partial charge in [0.15, 0.2) is 0 Å². The SMILES string of the molecule is CCCCCCCCCCCCCCCCCCCCCCCCCCCCC/C=C/C(O)C(COP(=O)([O-])OCC[N+](C)(C)C)NC(=O)CCCCCCCCCCCCCCCCCCCCCCCCCCCCC. The standard InChI is InChI=1S/C69H139N2O6P/c1-6-8-10-12-14-16-18-20-22-24-26-28-30-32-34-35-37-38-40-42-44-46-48-50-52-54-56-58-60-62-68(72)67(66-77-78(74,75)76-65-64-71(3,4)5)70-69(73)63-61-59-57-55-53-51-49-47-45-43-41-39-36-33-31-29-27-25-23-21-19-17-15-13-11-9-7-2/h60,62,67-68,72H,6-59,61,63-66H2,1-5H3,(H-,70,73,74,75)/b62-60+. The number of hydrogen-bond donors (Lipinski definition) is 2. The van der Waals surface area contributed by atoms with Gasteiger partial charge in [0.05, 0.1) is 39.9 Å². The van der Waals surface area contributed by atoms with Gasteiger partial charge in [0.25, 0.3) is 7.82 Å². The number of phosphoric acid groups is 1. The van der Waals surface area contributed by atoms with Crippen molar-refractivity contribution in [2.45, 2.75) is 386 Å². The summed E-state index contributed by atoms with van der Waals surface area (Å²) in [5.41, 5.74) is 0. The maximum Gasteiger partial charge on any atom is 0.268 e. The molecule has 0 rings (SSSR count). The van der Waals surface area contributed by atoms with Crippen LogP contribution in [-0.2, 0) is 18.4 Å². The second kappa shape index (κ2) is 60.8. The number of aliphatic hydroxyl groups is 1. The Morgan fingerprint density at radius 3 is 0.962 bits per heavy atom. The summed E-state index contributed by atoms with van der Waals surface area (Å²) in [6.45, 7) is 4.72. The van der Waals surface area contributed by atoms with Crippen LogP contribution < -0.4 is 10.2 Å². The van der Waals surface area contributed by atoms with Crippen molar-refractivity contribution < 1.29 is 32.9 Å². The molecule has 1 amide bonds. The Morgan fingerprint density at radius 1 is 0.436 bits per heavy atom. The third-order valence-electron chi connectivity index (χ3n) is 16.5. The van der Waals surface area contributed by atoms with Crippen LogP contribution in [0.1, 0.15) is 373 Å². The van der Waals surface area contributed by atoms with E-state index in [0.29, 0.717) is 17.4 Å². The van der Waals surface area contributed by atoms with Crippen LogP contribution >= 0.6 is 7.82 Å². The zero-order chi connectivity index (χ0) is 57.0. The van der Waals surface area contributed by atoms with E-state index in [1.165, 1.54) is 315 Å². The van der Waals surface area contributed by atoms with Crippen molar-refractivity contribution in [1.29, 1.82) is 0 Å². The molecule has 0 bridgehead atoms. The van der Waals surface area contributed by atoms with Crippen molar-refractivity contribution in [2.75, 3.05) is 40.9 Å². The molecule has 466 valence electrons. The zero-order valence-corrected chi connectivity index (χ0v) is 54.3. The smallest absolute Gasteiger partial charge is 0.268 e. The Morgan fingerprint density at radius 2 is 0.692 bits per heavy atom. The number of hydrogen-bond acceptors (Lipinski definition) is 6. The molecule has 0 fully saturated rings. The van der Waals surface area contributed by atoms with Gasteiger partial charge in [0.1, 0.15) is 13.2 Å². The van der Waals surface area contributed by atoms with Gasteiger partial charge in [0.2, 0.25) is 5.91 Å². The van der Waals surface area contributed by atoms with Crippen LogP contribution in [0.5, 0.6) is 0 Å². The Hall–Kier alpha value is -0.760. The quantitative estimate of drug-likeness (QED) is 0.0272. The van der Waals surface area contributed by atoms with Gasteiger partial charge >= 0.3 is 0 Å². The van der Waals surface area contributed by atoms with Gasteiger partial charge in [-0.25, -0.2) is 0 Å². The molecule has 3 unspecified atom stereocenters. The number of carbonyl (C=O) groups is 1. The molecule has 0 spiro atoms. The minimum Gasteiger partial charge on any atom is -0.756 e. The highest BCUT2D eigenvalue weighted by Gasteiger charge is 2.23. The van der Waals surface area contributed by atoms with Gasteiger partial charge in [-0.15, -0.1) is 0 Å². The molecule has 0 aromatic carbocycles. The summed E-state index contributed by atoms with van der Waals surface area (Å²) in [4.78, 5) is 25.6. The number of allylic oxidation sites excluding steroid dienone is 1. The molecule has 0 aromatic rings. The van der Waals surface area contributed by atoms with E-state index >= 15 is 0 Å². The minimum absolute atomic E-state index is 0.00302. The highest BCUT2D eigenvalue weighted by molar-refractivity contribution is 7.45. The van der Waals surface area contributed by atoms with Crippen LogP contribution in [-0.4, -0.2) is 68.5 Å². The lowest BCUT2D eigenvalue weighted by Gasteiger charge is -2.29. The molecule has 0 saturated heterocycles. The highest BCUT2D eigenvalue weighted by Crippen LogP contribution is 2.38. The van der Waals surface area contributed by atoms with Crippen molar-refractivity contribution >= 4 is 13.7 Å². The summed E-state index contributed by atoms with van der Waals surface area (Å²) in [5.74, 6) is -0.187. The fourth-order valence-electron chi connectivity index (χ4n) is 11.0. The largest absolute Gasteiger partial charge is 0.756 e. The molecule has 0 radical (unpaired) electrons. The number of carbonyl (C=O) groups excluding carboxylic acids is 1. The predicted molar refractivity (Wildman–Crippen MR) is 339 cm³/mol. The number of phosphoric ester groups is 1. The van der Waals surface area contributed by atoms with Crippen LogP contribution in [0.25, 0.3) is 0 Å². The summed E-state index contributed by atoms with van der Waals surface area (Å²) < 4.78 is 23.5. The van der Waals surface area contributed by atoms with Crippen molar-refractivity contribution in [1.82, 2.24) is 5.32 Å². The second-order valence-corrected chi connectivity index (χ2v) is 27.0. The molecule has 8 nitrogen and oxygen atoms in total. The van der Waals surface area contributed by atoms with E-state index < -0.39 is 20.0 Å². The normalized spacial score (nSPS) is 13.7. The van der Waals surface area contributed by atoms with E-state index in [1.807, 2.05) is 27.2 Å². The number of amides is 1. The number of nitrogens with zero attached hydrogens (tertiary/aromatic N) is 1. The Bertz CT molecular complexity index is 1280. The highest BCUT2D eigenvalue weighted by atomic mass is 31.2. The first-order valence-electron chi connectivity index (χ1n) is 35.1. The number of aliphatic hydroxyl groups excluding tert-OH is 1. The molecule has 0 heterocycles. The van der Waals surface area contributed by atoms with Crippen LogP contribution in [0.3, 0.4) is 0 Å². The monoisotopic (exact) mass is 1120 g/mol. The average molecular weight is 1120 g/mol. The lowest BCUT2D eigenvalue weighted by Crippen LogP contribution is -2.45. The van der Waals surface area contributed by atoms with E-state index in [-0.39, 0.29) is 19.1 Å². The lowest BCUT2D eigenvalue weighted by atomic mass is 10.0. The molecule has 9 heteroatoms. The molecule has 3 atom stereocenters. The van der Waals surface area contributed by atoms with Crippen LogP contribution in [0, 0.1) is 0 Å². The molecule has 0 aliphatic heterocycles. The fraction of sp³-hybridized carbons (Fsp3) is 0.957. The van der Waals surface area contributed by atoms with E-state index in [9.17, 15) is 19.4 Å². The molecule has 2 N–H and O–H groups in total. The van der Waals surface area contributed by atoms with Crippen molar-refractivity contribution in [3.63, 3.8) is 0 Å². The first-order chi connectivity index (χ1) is 38.0. The maximum atomic E-state index is 13.0. The summed E-state index contributed by atoms with van der Waals surface area (Å²) in [5, 5.41) is 14.0. The van der Waals surface area contributed by atoms with Gasteiger partial charge in [-0.3, -0.25) is 9.36 Å². The molecule has 0 aliphatic rings. The van der Waals surface area contributed by atoms with Crippen LogP contribution in [0.2, 0.25) is 0 Å². The van der Waals surface area contributed by atoms with Crippen molar-refractivity contribution in [3.05, 3.63) is 12.2 Å². The first-order valence-corrected chi connectivity index (χ1v) is 36.5. The number of likely N-dealkylation sites (N-methyl/N-ethyl adjacent to an activating group) is 1. The molecule has 0 saturated carbocycles. The van der Waals surface area contributed by atoms with E-state index in [0.717, 1.165) is 38.5 Å². The number of unbranched alkanes of at least 4 members (excludes halogenated alkanes) is 53. The molecule has 0 aromatic heterocycles. The summed E-state index contributed by atoms with van der Waals surface area (Å²) >= 11 is 0. The predicted octanol–water partition coefficient (Wildman–Crippen LogP) is 21.5. The van der Waals surface area contributed by atoms with E-state index in [2.05, 4.69) is 19.2 Å². The van der Waals surface area contributed by atoms with Gasteiger partial charge in [-0.2, -0.15) is 0 Å². The van der Waals surface area contributed by atoms with Crippen molar-refractivity contribution in [3.8, 4) is 0 Å². The van der Waals surface area contributed by atoms with Gasteiger partial charge in [0, 0.05) is 6.42 Å². The Balaban J connectivity index is 4.03. The van der Waals surface area contributed by atoms with Crippen LogP contribution in [0.15, 0.2) is 12.2 Å². The number of nitrogens with one attached hydrogen (secondary N) is 1. The van der Waals surface area contributed by atoms with Gasteiger partial charge in [-0.05, 0) is 19.3 Å². The maximum absolute atomic E-state index is 13.0. The molecule has 0 aliphatic carbocycles. The lowest BCUT2D eigenvalue weighted by molar-refractivity contribution is -0.870. The molecular weight excluding hydrogens is 984 g/mol. The summed E-state index contributed by atoms with van der Waals surface area (Å²) in [6, 6.07) is -0.884. The Labute approximate surface area is 488 Å². The fourth-order valence-corrected chi connectivity index (χ4v) is 11.8. The molecule has 78 heavy (non-hydrogen) atoms. The van der Waals surface area contributed by atoms with E-state index in [4.69, 9.17) is 9.05 Å². The van der Waals surface area contributed by atoms with Crippen molar-refractivity contribution in [2.24, 2.45) is 0 Å². The average Bonchev–Trinajstić information content (AvgIpc) is 3.41. The third-order valence-corrected chi connectivity index (χ3v) is 17.5. The number of quaternary nitrogens is 1. The second-order valence-electron chi connectivity index (χ2n) is 25.6.